The van der Waals surface area contributed by atoms with Crippen LogP contribution in [0.5, 0.6) is 17.2 Å². The van der Waals surface area contributed by atoms with Gasteiger partial charge < -0.3 is 20.1 Å². The minimum atomic E-state index is -1.28. The van der Waals surface area contributed by atoms with Crippen molar-refractivity contribution in [3.05, 3.63) is 17.2 Å². The topological polar surface area (TPSA) is 87.0 Å². The average molecular weight is 423 g/mol. The molecule has 0 aliphatic heterocycles. The fraction of sp³-hybridized carbons (Fsp3) is 0.720. The number of aryl methyl sites for hydroxylation is 1. The predicted octanol–water partition coefficient (Wildman–Crippen LogP) is 7.22. The smallest absolute Gasteiger partial charge is 0.343 e. The number of aromatic carboxylic acids is 1. The number of phenolic OH excluding ortho intramolecular Hbond substituents is 1. The van der Waals surface area contributed by atoms with E-state index in [-0.39, 0.29) is 11.3 Å². The summed E-state index contributed by atoms with van der Waals surface area (Å²) in [7, 11) is 0. The third kappa shape index (κ3) is 9.73. The van der Waals surface area contributed by atoms with Crippen molar-refractivity contribution in [2.45, 2.75) is 110 Å². The Bertz CT molecular complexity index is 612. The van der Waals surface area contributed by atoms with Crippen LogP contribution >= 0.6 is 0 Å². The maximum Gasteiger partial charge on any atom is 0.343 e. The standard InChI is InChI=1S/C25H42O5/c1-3-5-7-9-11-13-15-17-20-19-21(26)23(27)22(25(28)29)24(20)30-18-16-14-12-10-8-6-4-2/h19,26-27H,3-18H2,1-2H3,(H,28,29). The molecule has 0 aliphatic rings. The third-order valence-corrected chi connectivity index (χ3v) is 5.57. The Kier molecular flexibility index (Phi) is 13.8. The van der Waals surface area contributed by atoms with E-state index in [0.29, 0.717) is 18.6 Å². The third-order valence-electron chi connectivity index (χ3n) is 5.57. The quantitative estimate of drug-likeness (QED) is 0.172. The molecule has 5 heteroatoms. The normalized spacial score (nSPS) is 11.0. The van der Waals surface area contributed by atoms with Crippen molar-refractivity contribution in [2.24, 2.45) is 0 Å². The van der Waals surface area contributed by atoms with E-state index in [4.69, 9.17) is 4.74 Å². The molecule has 0 atom stereocenters. The minimum absolute atomic E-state index is 0.217. The number of carboxylic acid groups (broad SMARTS) is 1. The molecule has 3 N–H and O–H groups in total. The molecule has 1 rings (SSSR count). The van der Waals surface area contributed by atoms with Crippen LogP contribution in [0.15, 0.2) is 6.07 Å². The van der Waals surface area contributed by atoms with E-state index >= 15 is 0 Å². The van der Waals surface area contributed by atoms with Gasteiger partial charge in [-0.15, -0.1) is 0 Å². The molecule has 1 aromatic rings. The van der Waals surface area contributed by atoms with E-state index < -0.39 is 17.5 Å². The van der Waals surface area contributed by atoms with Gasteiger partial charge in [-0.1, -0.05) is 90.9 Å². The first-order valence-corrected chi connectivity index (χ1v) is 12.0. The largest absolute Gasteiger partial charge is 0.504 e. The number of carbonyl (C=O) groups is 1. The first-order valence-electron chi connectivity index (χ1n) is 12.0. The molecule has 0 saturated carbocycles. The van der Waals surface area contributed by atoms with Crippen LogP contribution in [-0.4, -0.2) is 27.9 Å². The number of benzene rings is 1. The molecule has 0 aliphatic carbocycles. The van der Waals surface area contributed by atoms with Gasteiger partial charge in [0.05, 0.1) is 6.61 Å². The van der Waals surface area contributed by atoms with Crippen LogP contribution < -0.4 is 4.74 Å². The lowest BCUT2D eigenvalue weighted by atomic mass is 10.00. The molecular weight excluding hydrogens is 380 g/mol. The highest BCUT2D eigenvalue weighted by Gasteiger charge is 2.24. The molecule has 1 aromatic carbocycles. The lowest BCUT2D eigenvalue weighted by Crippen LogP contribution is -2.08. The van der Waals surface area contributed by atoms with Crippen LogP contribution in [0.25, 0.3) is 0 Å². The molecule has 0 unspecified atom stereocenters. The molecule has 0 fully saturated rings. The van der Waals surface area contributed by atoms with Gasteiger partial charge in [-0.05, 0) is 30.9 Å². The zero-order valence-corrected chi connectivity index (χ0v) is 19.0. The molecule has 0 radical (unpaired) electrons. The summed E-state index contributed by atoms with van der Waals surface area (Å²) in [5, 5.41) is 29.6. The van der Waals surface area contributed by atoms with E-state index in [2.05, 4.69) is 13.8 Å². The van der Waals surface area contributed by atoms with Crippen LogP contribution in [0.3, 0.4) is 0 Å². The van der Waals surface area contributed by atoms with Gasteiger partial charge in [0.15, 0.2) is 11.5 Å². The summed E-state index contributed by atoms with van der Waals surface area (Å²) in [6.07, 6.45) is 16.8. The van der Waals surface area contributed by atoms with Crippen LogP contribution in [-0.2, 0) is 6.42 Å². The van der Waals surface area contributed by atoms with Crippen molar-refractivity contribution in [2.75, 3.05) is 6.61 Å². The first kappa shape index (κ1) is 26.1. The zero-order valence-electron chi connectivity index (χ0n) is 19.0. The lowest BCUT2D eigenvalue weighted by molar-refractivity contribution is 0.0687. The Morgan fingerprint density at radius 1 is 0.800 bits per heavy atom. The summed E-state index contributed by atoms with van der Waals surface area (Å²) < 4.78 is 5.85. The molecule has 172 valence electrons. The van der Waals surface area contributed by atoms with Crippen molar-refractivity contribution in [1.82, 2.24) is 0 Å². The second kappa shape index (κ2) is 15.9. The van der Waals surface area contributed by atoms with Gasteiger partial charge >= 0.3 is 5.97 Å². The number of hydrogen-bond donors (Lipinski definition) is 3. The minimum Gasteiger partial charge on any atom is -0.504 e. The number of phenols is 2. The van der Waals surface area contributed by atoms with Crippen LogP contribution in [0.1, 0.15) is 120 Å². The highest BCUT2D eigenvalue weighted by atomic mass is 16.5. The second-order valence-electron chi connectivity index (χ2n) is 8.25. The maximum absolute atomic E-state index is 11.7. The summed E-state index contributed by atoms with van der Waals surface area (Å²) in [4.78, 5) is 11.7. The van der Waals surface area contributed by atoms with E-state index in [9.17, 15) is 20.1 Å². The van der Waals surface area contributed by atoms with Crippen molar-refractivity contribution in [3.8, 4) is 17.2 Å². The Morgan fingerprint density at radius 2 is 1.30 bits per heavy atom. The van der Waals surface area contributed by atoms with Crippen molar-refractivity contribution < 1.29 is 24.9 Å². The van der Waals surface area contributed by atoms with Gasteiger partial charge in [0, 0.05) is 0 Å². The summed E-state index contributed by atoms with van der Waals surface area (Å²) in [6.45, 7) is 4.82. The molecule has 0 heterocycles. The van der Waals surface area contributed by atoms with Gasteiger partial charge in [0.25, 0.3) is 0 Å². The lowest BCUT2D eigenvalue weighted by Gasteiger charge is -2.16. The highest BCUT2D eigenvalue weighted by molar-refractivity contribution is 5.95. The van der Waals surface area contributed by atoms with Crippen molar-refractivity contribution >= 4 is 5.97 Å². The van der Waals surface area contributed by atoms with Crippen molar-refractivity contribution in [1.29, 1.82) is 0 Å². The van der Waals surface area contributed by atoms with Gasteiger partial charge in [-0.2, -0.15) is 0 Å². The van der Waals surface area contributed by atoms with E-state index in [1.807, 2.05) is 0 Å². The Balaban J connectivity index is 2.64. The predicted molar refractivity (Wildman–Crippen MR) is 122 cm³/mol. The molecule has 0 bridgehead atoms. The molecule has 0 saturated heterocycles. The molecule has 5 nitrogen and oxygen atoms in total. The molecule has 0 aromatic heterocycles. The Labute approximate surface area is 182 Å². The molecule has 0 spiro atoms. The van der Waals surface area contributed by atoms with Gasteiger partial charge in [-0.3, -0.25) is 0 Å². The summed E-state index contributed by atoms with van der Waals surface area (Å²) >= 11 is 0. The summed E-state index contributed by atoms with van der Waals surface area (Å²) in [5.41, 5.74) is 0.343. The van der Waals surface area contributed by atoms with Gasteiger partial charge in [0.1, 0.15) is 11.3 Å². The molecule has 30 heavy (non-hydrogen) atoms. The number of aromatic hydroxyl groups is 2. The number of ether oxygens (including phenoxy) is 1. The summed E-state index contributed by atoms with van der Waals surface area (Å²) in [6, 6.07) is 1.46. The van der Waals surface area contributed by atoms with Crippen LogP contribution in [0.2, 0.25) is 0 Å². The van der Waals surface area contributed by atoms with E-state index in [0.717, 1.165) is 38.5 Å². The van der Waals surface area contributed by atoms with Crippen LogP contribution in [0, 0.1) is 0 Å². The van der Waals surface area contributed by atoms with E-state index in [1.165, 1.54) is 57.4 Å². The zero-order chi connectivity index (χ0) is 22.2. The number of hydrogen-bond acceptors (Lipinski definition) is 4. The van der Waals surface area contributed by atoms with Gasteiger partial charge in [-0.25, -0.2) is 4.79 Å². The van der Waals surface area contributed by atoms with Crippen molar-refractivity contribution in [3.63, 3.8) is 0 Å². The number of carboxylic acids is 1. The fourth-order valence-corrected chi connectivity index (χ4v) is 3.75. The average Bonchev–Trinajstić information content (AvgIpc) is 2.72. The van der Waals surface area contributed by atoms with Crippen LogP contribution in [0.4, 0.5) is 0 Å². The Hall–Kier alpha value is -1.91. The number of rotatable bonds is 18. The number of unbranched alkanes of at least 4 members (excludes halogenated alkanes) is 12. The first-order chi connectivity index (χ1) is 14.5. The molecule has 0 amide bonds. The monoisotopic (exact) mass is 422 g/mol. The SMILES string of the molecule is CCCCCCCCCOc1c(CCCCCCCCC)cc(O)c(O)c1C(=O)O. The summed E-state index contributed by atoms with van der Waals surface area (Å²) in [5.74, 6) is -2.07. The highest BCUT2D eigenvalue weighted by Crippen LogP contribution is 2.40. The molecular formula is C25H42O5. The maximum atomic E-state index is 11.7. The van der Waals surface area contributed by atoms with Gasteiger partial charge in [0.2, 0.25) is 0 Å². The van der Waals surface area contributed by atoms with E-state index in [1.54, 1.807) is 0 Å². The fourth-order valence-electron chi connectivity index (χ4n) is 3.75. The second-order valence-corrected chi connectivity index (χ2v) is 8.25. The Morgan fingerprint density at radius 3 is 1.83 bits per heavy atom.